The van der Waals surface area contributed by atoms with Crippen molar-refractivity contribution in [2.45, 2.75) is 45.1 Å². The standard InChI is InChI=1S/C14H22O3/c1-8(13(16)17-2)12(15)14-6-9-3-10(7-14)5-11(14)4-9/h8-12,15H,3-7H2,1-2H3/t8-,9?,10?,11?,12+,14?/m0/s1. The topological polar surface area (TPSA) is 46.5 Å². The molecule has 0 heterocycles. The van der Waals surface area contributed by atoms with E-state index in [2.05, 4.69) is 0 Å². The van der Waals surface area contributed by atoms with E-state index in [4.69, 9.17) is 4.74 Å². The molecular formula is C14H22O3. The minimum absolute atomic E-state index is 0.0428. The molecule has 2 unspecified atom stereocenters. The molecule has 0 aliphatic heterocycles. The summed E-state index contributed by atoms with van der Waals surface area (Å²) in [5, 5.41) is 10.6. The van der Waals surface area contributed by atoms with Crippen molar-refractivity contribution in [2.75, 3.05) is 7.11 Å². The first-order valence-corrected chi connectivity index (χ1v) is 6.82. The second-order valence-electron chi connectivity index (χ2n) is 6.53. The van der Waals surface area contributed by atoms with E-state index < -0.39 is 6.10 Å². The van der Waals surface area contributed by atoms with Crippen LogP contribution in [0.25, 0.3) is 0 Å². The van der Waals surface area contributed by atoms with E-state index in [1.807, 2.05) is 6.92 Å². The molecule has 4 bridgehead atoms. The molecule has 0 aromatic heterocycles. The summed E-state index contributed by atoms with van der Waals surface area (Å²) in [4.78, 5) is 11.6. The van der Waals surface area contributed by atoms with Crippen LogP contribution in [-0.4, -0.2) is 24.3 Å². The molecule has 0 saturated heterocycles. The lowest BCUT2D eigenvalue weighted by Gasteiger charge is -2.39. The molecule has 0 spiro atoms. The monoisotopic (exact) mass is 238 g/mol. The van der Waals surface area contributed by atoms with Crippen molar-refractivity contribution in [3.8, 4) is 0 Å². The number of rotatable bonds is 3. The minimum Gasteiger partial charge on any atom is -0.469 e. The molecule has 4 aliphatic rings. The van der Waals surface area contributed by atoms with Crippen molar-refractivity contribution < 1.29 is 14.6 Å². The predicted molar refractivity (Wildman–Crippen MR) is 63.2 cm³/mol. The predicted octanol–water partition coefficient (Wildman–Crippen LogP) is 1.98. The maximum Gasteiger partial charge on any atom is 0.311 e. The van der Waals surface area contributed by atoms with Crippen LogP contribution >= 0.6 is 0 Å². The smallest absolute Gasteiger partial charge is 0.311 e. The molecule has 17 heavy (non-hydrogen) atoms. The van der Waals surface area contributed by atoms with E-state index in [0.29, 0.717) is 5.92 Å². The number of esters is 1. The quantitative estimate of drug-likeness (QED) is 0.765. The fraction of sp³-hybridized carbons (Fsp3) is 0.929. The molecule has 0 aromatic carbocycles. The van der Waals surface area contributed by atoms with Gasteiger partial charge in [-0.25, -0.2) is 0 Å². The van der Waals surface area contributed by atoms with Crippen LogP contribution in [0.3, 0.4) is 0 Å². The van der Waals surface area contributed by atoms with E-state index in [9.17, 15) is 9.90 Å². The highest BCUT2D eigenvalue weighted by molar-refractivity contribution is 5.72. The summed E-state index contributed by atoms with van der Waals surface area (Å²) in [6.07, 6.45) is 5.68. The molecule has 96 valence electrons. The lowest BCUT2D eigenvalue weighted by atomic mass is 9.68. The van der Waals surface area contributed by atoms with Gasteiger partial charge in [0.05, 0.1) is 19.1 Å². The second-order valence-corrected chi connectivity index (χ2v) is 6.53. The number of carbonyl (C=O) groups excluding carboxylic acids is 1. The van der Waals surface area contributed by atoms with Crippen molar-refractivity contribution in [2.24, 2.45) is 29.1 Å². The largest absolute Gasteiger partial charge is 0.469 e. The Labute approximate surface area is 103 Å². The highest BCUT2D eigenvalue weighted by atomic mass is 16.5. The number of aliphatic hydroxyl groups excluding tert-OH is 1. The minimum atomic E-state index is -0.504. The van der Waals surface area contributed by atoms with Crippen molar-refractivity contribution in [3.05, 3.63) is 0 Å². The summed E-state index contributed by atoms with van der Waals surface area (Å²) in [6, 6.07) is 0. The summed E-state index contributed by atoms with van der Waals surface area (Å²) in [7, 11) is 1.40. The molecule has 1 N–H and O–H groups in total. The first-order chi connectivity index (χ1) is 8.06. The maximum atomic E-state index is 11.6. The number of aliphatic hydroxyl groups is 1. The Morgan fingerprint density at radius 2 is 1.88 bits per heavy atom. The molecule has 0 amide bonds. The summed E-state index contributed by atoms with van der Waals surface area (Å²) in [6.45, 7) is 1.81. The molecule has 0 aromatic rings. The van der Waals surface area contributed by atoms with Crippen molar-refractivity contribution in [3.63, 3.8) is 0 Å². The molecule has 3 nitrogen and oxygen atoms in total. The second kappa shape index (κ2) is 3.71. The third kappa shape index (κ3) is 1.48. The number of carbonyl (C=O) groups is 1. The Balaban J connectivity index is 1.82. The van der Waals surface area contributed by atoms with E-state index in [1.165, 1.54) is 26.4 Å². The van der Waals surface area contributed by atoms with Gasteiger partial charge in [0.2, 0.25) is 0 Å². The zero-order valence-electron chi connectivity index (χ0n) is 10.7. The van der Waals surface area contributed by atoms with E-state index >= 15 is 0 Å². The first-order valence-electron chi connectivity index (χ1n) is 6.82. The Hall–Kier alpha value is -0.570. The van der Waals surface area contributed by atoms with Crippen LogP contribution in [0.4, 0.5) is 0 Å². The van der Waals surface area contributed by atoms with Crippen LogP contribution in [-0.2, 0) is 9.53 Å². The lowest BCUT2D eigenvalue weighted by Crippen LogP contribution is -2.43. The van der Waals surface area contributed by atoms with Gasteiger partial charge in [0.15, 0.2) is 0 Å². The number of hydrogen-bond acceptors (Lipinski definition) is 3. The first kappa shape index (κ1) is 11.5. The summed E-state index contributed by atoms with van der Waals surface area (Å²) >= 11 is 0. The fourth-order valence-electron chi connectivity index (χ4n) is 5.15. The highest BCUT2D eigenvalue weighted by Gasteiger charge is 2.61. The molecule has 4 fully saturated rings. The van der Waals surface area contributed by atoms with E-state index in [-0.39, 0.29) is 17.3 Å². The highest BCUT2D eigenvalue weighted by Crippen LogP contribution is 2.67. The van der Waals surface area contributed by atoms with E-state index in [1.54, 1.807) is 0 Å². The van der Waals surface area contributed by atoms with Crippen LogP contribution in [0.5, 0.6) is 0 Å². The van der Waals surface area contributed by atoms with Crippen LogP contribution in [0, 0.1) is 29.1 Å². The SMILES string of the molecule is COC(=O)[C@@H](C)[C@@H](O)C12CC3CC(CC1C3)C2. The summed E-state index contributed by atoms with van der Waals surface area (Å²) in [5.41, 5.74) is 0.0428. The molecule has 0 radical (unpaired) electrons. The van der Waals surface area contributed by atoms with Crippen molar-refractivity contribution in [1.29, 1.82) is 0 Å². The molecule has 4 saturated carbocycles. The van der Waals surface area contributed by atoms with Crippen LogP contribution < -0.4 is 0 Å². The van der Waals surface area contributed by atoms with Gasteiger partial charge in [-0.15, -0.1) is 0 Å². The van der Waals surface area contributed by atoms with Gasteiger partial charge in [0.25, 0.3) is 0 Å². The fourth-order valence-corrected chi connectivity index (χ4v) is 5.15. The molecule has 4 atom stereocenters. The van der Waals surface area contributed by atoms with Gasteiger partial charge in [-0.1, -0.05) is 0 Å². The van der Waals surface area contributed by atoms with E-state index in [0.717, 1.165) is 24.7 Å². The summed E-state index contributed by atoms with van der Waals surface area (Å²) < 4.78 is 4.78. The van der Waals surface area contributed by atoms with Crippen LogP contribution in [0.2, 0.25) is 0 Å². The van der Waals surface area contributed by atoms with Crippen LogP contribution in [0.1, 0.15) is 39.0 Å². The van der Waals surface area contributed by atoms with Gasteiger partial charge in [0, 0.05) is 5.41 Å². The molecule has 3 heteroatoms. The Morgan fingerprint density at radius 3 is 2.41 bits per heavy atom. The average Bonchev–Trinajstić information content (AvgIpc) is 2.72. The number of ether oxygens (including phenoxy) is 1. The molecule has 4 aliphatic carbocycles. The Morgan fingerprint density at radius 1 is 1.29 bits per heavy atom. The summed E-state index contributed by atoms with van der Waals surface area (Å²) in [5.74, 6) is 1.64. The number of hydrogen-bond donors (Lipinski definition) is 1. The average molecular weight is 238 g/mol. The van der Waals surface area contributed by atoms with Gasteiger partial charge >= 0.3 is 5.97 Å². The van der Waals surface area contributed by atoms with Gasteiger partial charge in [-0.2, -0.15) is 0 Å². The Bertz CT molecular complexity index is 324. The lowest BCUT2D eigenvalue weighted by molar-refractivity contribution is -0.153. The maximum absolute atomic E-state index is 11.6. The zero-order valence-corrected chi connectivity index (χ0v) is 10.7. The van der Waals surface area contributed by atoms with Gasteiger partial charge in [-0.05, 0) is 56.8 Å². The third-order valence-corrected chi connectivity index (χ3v) is 5.69. The third-order valence-electron chi connectivity index (χ3n) is 5.69. The Kier molecular flexibility index (Phi) is 2.51. The van der Waals surface area contributed by atoms with Gasteiger partial charge < -0.3 is 9.84 Å². The normalized spacial score (nSPS) is 45.9. The number of methoxy groups -OCH3 is 1. The van der Waals surface area contributed by atoms with Crippen molar-refractivity contribution >= 4 is 5.97 Å². The zero-order chi connectivity index (χ0) is 12.2. The van der Waals surface area contributed by atoms with Crippen LogP contribution in [0.15, 0.2) is 0 Å². The van der Waals surface area contributed by atoms with Gasteiger partial charge in [0.1, 0.15) is 0 Å². The van der Waals surface area contributed by atoms with Crippen molar-refractivity contribution in [1.82, 2.24) is 0 Å². The van der Waals surface area contributed by atoms with Gasteiger partial charge in [-0.3, -0.25) is 4.79 Å². The molecular weight excluding hydrogens is 216 g/mol. The molecule has 4 rings (SSSR count).